The van der Waals surface area contributed by atoms with Crippen molar-refractivity contribution in [1.29, 1.82) is 0 Å². The Labute approximate surface area is 186 Å². The molecule has 0 aliphatic rings. The van der Waals surface area contributed by atoms with Crippen molar-refractivity contribution < 1.29 is 22.7 Å². The van der Waals surface area contributed by atoms with Crippen molar-refractivity contribution in [3.63, 3.8) is 0 Å². The number of amides is 1. The van der Waals surface area contributed by atoms with Crippen LogP contribution in [0.4, 0.5) is 11.4 Å². The zero-order valence-corrected chi connectivity index (χ0v) is 18.5. The first-order valence-corrected chi connectivity index (χ1v) is 11.1. The summed E-state index contributed by atoms with van der Waals surface area (Å²) in [5.74, 6) is 0.298. The van der Waals surface area contributed by atoms with Crippen molar-refractivity contribution in [3.8, 4) is 11.5 Å². The van der Waals surface area contributed by atoms with E-state index in [4.69, 9.17) is 21.1 Å². The standard InChI is InChI=1S/C22H21ClN2O5S/c1-15-8-10-21(29-2)19(12-15)24-22(26)14-30-20-11-9-17(13-18(20)23)31(27,28)25-16-6-4-3-5-7-16/h3-13,25H,14H2,1-2H3,(H,24,26). The summed E-state index contributed by atoms with van der Waals surface area (Å²) in [6.07, 6.45) is 0. The number of halogens is 1. The molecule has 1 amide bonds. The molecule has 0 heterocycles. The van der Waals surface area contributed by atoms with Gasteiger partial charge >= 0.3 is 0 Å². The summed E-state index contributed by atoms with van der Waals surface area (Å²) >= 11 is 6.18. The van der Waals surface area contributed by atoms with E-state index in [1.807, 2.05) is 13.0 Å². The van der Waals surface area contributed by atoms with Gasteiger partial charge in [0.15, 0.2) is 6.61 Å². The van der Waals surface area contributed by atoms with Crippen molar-refractivity contribution in [2.45, 2.75) is 11.8 Å². The topological polar surface area (TPSA) is 93.7 Å². The Morgan fingerprint density at radius 2 is 1.71 bits per heavy atom. The number of carbonyl (C=O) groups is 1. The molecule has 0 aliphatic heterocycles. The maximum atomic E-state index is 12.5. The molecule has 0 spiro atoms. The van der Waals surface area contributed by atoms with Crippen LogP contribution in [0.3, 0.4) is 0 Å². The van der Waals surface area contributed by atoms with Crippen LogP contribution in [0.1, 0.15) is 5.56 Å². The number of carbonyl (C=O) groups excluding carboxylic acids is 1. The van der Waals surface area contributed by atoms with Crippen LogP contribution in [-0.2, 0) is 14.8 Å². The summed E-state index contributed by atoms with van der Waals surface area (Å²) < 4.78 is 38.2. The van der Waals surface area contributed by atoms with Gasteiger partial charge in [-0.2, -0.15) is 0 Å². The smallest absolute Gasteiger partial charge is 0.262 e. The van der Waals surface area contributed by atoms with E-state index in [1.165, 1.54) is 25.3 Å². The van der Waals surface area contributed by atoms with Crippen LogP contribution in [0.15, 0.2) is 71.6 Å². The molecule has 0 saturated heterocycles. The van der Waals surface area contributed by atoms with Crippen LogP contribution in [0, 0.1) is 6.92 Å². The summed E-state index contributed by atoms with van der Waals surface area (Å²) in [4.78, 5) is 12.2. The predicted molar refractivity (Wildman–Crippen MR) is 121 cm³/mol. The maximum Gasteiger partial charge on any atom is 0.262 e. The molecule has 0 aromatic heterocycles. The minimum absolute atomic E-state index is 0.0253. The van der Waals surface area contributed by atoms with E-state index >= 15 is 0 Å². The molecular weight excluding hydrogens is 440 g/mol. The van der Waals surface area contributed by atoms with Gasteiger partial charge in [-0.05, 0) is 55.0 Å². The molecule has 7 nitrogen and oxygen atoms in total. The zero-order valence-electron chi connectivity index (χ0n) is 16.9. The Hall–Kier alpha value is -3.23. The normalized spacial score (nSPS) is 10.9. The number of para-hydroxylation sites is 1. The second kappa shape index (κ2) is 9.72. The predicted octanol–water partition coefficient (Wildman–Crippen LogP) is 4.48. The maximum absolute atomic E-state index is 12.5. The zero-order chi connectivity index (χ0) is 22.4. The molecule has 0 bridgehead atoms. The van der Waals surface area contributed by atoms with E-state index in [2.05, 4.69) is 10.0 Å². The second-order valence-electron chi connectivity index (χ2n) is 6.60. The molecule has 0 atom stereocenters. The summed E-state index contributed by atoms with van der Waals surface area (Å²) in [7, 11) is -2.31. The Balaban J connectivity index is 1.65. The van der Waals surface area contributed by atoms with Crippen LogP contribution in [0.2, 0.25) is 5.02 Å². The van der Waals surface area contributed by atoms with E-state index in [9.17, 15) is 13.2 Å². The number of ether oxygens (including phenoxy) is 2. The SMILES string of the molecule is COc1ccc(C)cc1NC(=O)COc1ccc(S(=O)(=O)Nc2ccccc2)cc1Cl. The first-order valence-electron chi connectivity index (χ1n) is 9.23. The number of benzene rings is 3. The molecule has 0 radical (unpaired) electrons. The minimum Gasteiger partial charge on any atom is -0.495 e. The molecule has 0 unspecified atom stereocenters. The summed E-state index contributed by atoms with van der Waals surface area (Å²) in [5.41, 5.74) is 1.92. The van der Waals surface area contributed by atoms with Gasteiger partial charge in [-0.25, -0.2) is 8.42 Å². The number of hydrogen-bond donors (Lipinski definition) is 2. The van der Waals surface area contributed by atoms with E-state index in [1.54, 1.807) is 42.5 Å². The van der Waals surface area contributed by atoms with Gasteiger partial charge in [0.1, 0.15) is 11.5 Å². The van der Waals surface area contributed by atoms with Crippen molar-refractivity contribution in [2.24, 2.45) is 0 Å². The lowest BCUT2D eigenvalue weighted by atomic mass is 10.2. The molecule has 0 aliphatic carbocycles. The van der Waals surface area contributed by atoms with E-state index in [-0.39, 0.29) is 22.3 Å². The number of rotatable bonds is 8. The van der Waals surface area contributed by atoms with Gasteiger partial charge in [0.05, 0.1) is 22.7 Å². The van der Waals surface area contributed by atoms with Gasteiger partial charge in [0, 0.05) is 5.69 Å². The second-order valence-corrected chi connectivity index (χ2v) is 8.69. The minimum atomic E-state index is -3.82. The lowest BCUT2D eigenvalue weighted by Crippen LogP contribution is -2.20. The third-order valence-corrected chi connectivity index (χ3v) is 5.90. The van der Waals surface area contributed by atoms with Gasteiger partial charge in [0.2, 0.25) is 0 Å². The van der Waals surface area contributed by atoms with Gasteiger partial charge < -0.3 is 14.8 Å². The van der Waals surface area contributed by atoms with Gasteiger partial charge in [0.25, 0.3) is 15.9 Å². The quantitative estimate of drug-likeness (QED) is 0.517. The molecule has 3 aromatic rings. The Morgan fingerprint density at radius 3 is 2.39 bits per heavy atom. The van der Waals surface area contributed by atoms with Crippen molar-refractivity contribution in [3.05, 3.63) is 77.3 Å². The summed E-state index contributed by atoms with van der Waals surface area (Å²) in [6.45, 7) is 1.58. The Morgan fingerprint density at radius 1 is 1.00 bits per heavy atom. The van der Waals surface area contributed by atoms with Crippen molar-refractivity contribution >= 4 is 38.9 Å². The number of methoxy groups -OCH3 is 1. The molecular formula is C22H21ClN2O5S. The van der Waals surface area contributed by atoms with Crippen molar-refractivity contribution in [1.82, 2.24) is 0 Å². The molecule has 0 saturated carbocycles. The highest BCUT2D eigenvalue weighted by atomic mass is 35.5. The largest absolute Gasteiger partial charge is 0.495 e. The summed E-state index contributed by atoms with van der Waals surface area (Å²) in [5, 5.41) is 2.78. The van der Waals surface area contributed by atoms with Crippen LogP contribution >= 0.6 is 11.6 Å². The summed E-state index contributed by atoms with van der Waals surface area (Å²) in [6, 6.07) is 17.9. The molecule has 9 heteroatoms. The monoisotopic (exact) mass is 460 g/mol. The number of hydrogen-bond acceptors (Lipinski definition) is 5. The average molecular weight is 461 g/mol. The first kappa shape index (κ1) is 22.5. The highest BCUT2D eigenvalue weighted by Crippen LogP contribution is 2.29. The highest BCUT2D eigenvalue weighted by Gasteiger charge is 2.17. The molecule has 0 fully saturated rings. The molecule has 3 aromatic carbocycles. The van der Waals surface area contributed by atoms with E-state index in [0.29, 0.717) is 17.1 Å². The number of nitrogens with one attached hydrogen (secondary N) is 2. The van der Waals surface area contributed by atoms with E-state index in [0.717, 1.165) is 5.56 Å². The average Bonchev–Trinajstić information content (AvgIpc) is 2.73. The number of sulfonamides is 1. The fourth-order valence-corrected chi connectivity index (χ4v) is 4.12. The van der Waals surface area contributed by atoms with Crippen LogP contribution in [-0.4, -0.2) is 28.0 Å². The Bertz CT molecular complexity index is 1180. The third-order valence-electron chi connectivity index (χ3n) is 4.23. The van der Waals surface area contributed by atoms with Crippen LogP contribution in [0.25, 0.3) is 0 Å². The lowest BCUT2D eigenvalue weighted by molar-refractivity contribution is -0.118. The fourth-order valence-electron chi connectivity index (χ4n) is 2.74. The van der Waals surface area contributed by atoms with E-state index < -0.39 is 15.9 Å². The van der Waals surface area contributed by atoms with Crippen molar-refractivity contribution in [2.75, 3.05) is 23.8 Å². The molecule has 3 rings (SSSR count). The van der Waals surface area contributed by atoms with Crippen LogP contribution in [0.5, 0.6) is 11.5 Å². The molecule has 31 heavy (non-hydrogen) atoms. The number of anilines is 2. The first-order chi connectivity index (χ1) is 14.8. The van der Waals surface area contributed by atoms with Gasteiger partial charge in [-0.3, -0.25) is 9.52 Å². The third kappa shape index (κ3) is 5.90. The number of aryl methyl sites for hydroxylation is 1. The molecule has 162 valence electrons. The molecule has 2 N–H and O–H groups in total. The highest BCUT2D eigenvalue weighted by molar-refractivity contribution is 7.92. The van der Waals surface area contributed by atoms with Gasteiger partial charge in [-0.1, -0.05) is 35.9 Å². The lowest BCUT2D eigenvalue weighted by Gasteiger charge is -2.13. The van der Waals surface area contributed by atoms with Gasteiger partial charge in [-0.15, -0.1) is 0 Å². The fraction of sp³-hybridized carbons (Fsp3) is 0.136. The van der Waals surface area contributed by atoms with Crippen LogP contribution < -0.4 is 19.5 Å². The Kier molecular flexibility index (Phi) is 7.04.